The molecule has 1 aliphatic heterocycles. The highest BCUT2D eigenvalue weighted by Crippen LogP contribution is 2.23. The Hall–Kier alpha value is -1.88. The summed E-state index contributed by atoms with van der Waals surface area (Å²) < 4.78 is 0. The minimum atomic E-state index is -0.993. The fourth-order valence-corrected chi connectivity index (χ4v) is 2.77. The van der Waals surface area contributed by atoms with Crippen molar-refractivity contribution in [2.45, 2.75) is 26.2 Å². The van der Waals surface area contributed by atoms with Crippen molar-refractivity contribution in [3.05, 3.63) is 29.8 Å². The molecule has 1 saturated heterocycles. The first kappa shape index (κ1) is 15.5. The molecular formula is C16H22N2O3. The minimum Gasteiger partial charge on any atom is -0.478 e. The number of anilines is 1. The van der Waals surface area contributed by atoms with E-state index in [1.165, 1.54) is 12.1 Å². The highest BCUT2D eigenvalue weighted by molar-refractivity contribution is 5.93. The quantitative estimate of drug-likeness (QED) is 0.778. The molecule has 1 amide bonds. The van der Waals surface area contributed by atoms with Crippen LogP contribution in [0.1, 0.15) is 36.5 Å². The summed E-state index contributed by atoms with van der Waals surface area (Å²) in [5.74, 6) is -0.196. The van der Waals surface area contributed by atoms with E-state index < -0.39 is 5.97 Å². The molecule has 0 spiro atoms. The molecule has 5 nitrogen and oxygen atoms in total. The Morgan fingerprint density at radius 1 is 1.48 bits per heavy atom. The van der Waals surface area contributed by atoms with Crippen molar-refractivity contribution < 1.29 is 14.7 Å². The van der Waals surface area contributed by atoms with Crippen molar-refractivity contribution in [3.63, 3.8) is 0 Å². The summed E-state index contributed by atoms with van der Waals surface area (Å²) in [6.45, 7) is 4.14. The Kier molecular flexibility index (Phi) is 5.33. The van der Waals surface area contributed by atoms with Gasteiger partial charge in [0.05, 0.1) is 5.56 Å². The molecule has 114 valence electrons. The van der Waals surface area contributed by atoms with Crippen LogP contribution in [-0.4, -0.2) is 30.1 Å². The van der Waals surface area contributed by atoms with Gasteiger partial charge in [-0.2, -0.15) is 0 Å². The average Bonchev–Trinajstić information content (AvgIpc) is 2.48. The molecule has 1 aromatic carbocycles. The summed E-state index contributed by atoms with van der Waals surface area (Å²) in [6.07, 6.45) is 2.79. The number of nitrogens with one attached hydrogen (secondary N) is 2. The van der Waals surface area contributed by atoms with E-state index in [0.29, 0.717) is 23.9 Å². The molecule has 0 saturated carbocycles. The van der Waals surface area contributed by atoms with Gasteiger partial charge in [-0.1, -0.05) is 13.0 Å². The lowest BCUT2D eigenvalue weighted by molar-refractivity contribution is -0.117. The molecule has 2 rings (SSSR count). The predicted molar refractivity (Wildman–Crippen MR) is 81.4 cm³/mol. The number of piperidine rings is 1. The number of hydrogen-bond acceptors (Lipinski definition) is 3. The van der Waals surface area contributed by atoms with E-state index in [1.54, 1.807) is 12.1 Å². The number of carbonyl (C=O) groups excluding carboxylic acids is 1. The third kappa shape index (κ3) is 4.56. The first-order valence-electron chi connectivity index (χ1n) is 7.40. The molecule has 0 aliphatic carbocycles. The first-order valence-corrected chi connectivity index (χ1v) is 7.40. The van der Waals surface area contributed by atoms with Crippen LogP contribution in [0.4, 0.5) is 5.69 Å². The van der Waals surface area contributed by atoms with E-state index in [0.717, 1.165) is 25.9 Å². The molecule has 5 heteroatoms. The number of carboxylic acids is 1. The average molecular weight is 290 g/mol. The summed E-state index contributed by atoms with van der Waals surface area (Å²) in [6, 6.07) is 6.33. The first-order chi connectivity index (χ1) is 10.1. The number of hydrogen-bond donors (Lipinski definition) is 3. The van der Waals surface area contributed by atoms with Crippen molar-refractivity contribution in [2.75, 3.05) is 18.4 Å². The Morgan fingerprint density at radius 3 is 2.95 bits per heavy atom. The van der Waals surface area contributed by atoms with Gasteiger partial charge < -0.3 is 15.7 Å². The summed E-state index contributed by atoms with van der Waals surface area (Å²) in [5.41, 5.74) is 0.714. The Balaban J connectivity index is 1.89. The zero-order valence-electron chi connectivity index (χ0n) is 12.3. The van der Waals surface area contributed by atoms with Gasteiger partial charge in [-0.05, 0) is 56.0 Å². The maximum absolute atomic E-state index is 12.1. The van der Waals surface area contributed by atoms with Crippen LogP contribution in [0.25, 0.3) is 0 Å². The molecule has 3 N–H and O–H groups in total. The normalized spacial score (nSPS) is 19.8. The zero-order chi connectivity index (χ0) is 15.2. The number of amides is 1. The Bertz CT molecular complexity index is 510. The molecular weight excluding hydrogens is 268 g/mol. The lowest BCUT2D eigenvalue weighted by atomic mass is 9.85. The van der Waals surface area contributed by atoms with Gasteiger partial charge in [0.25, 0.3) is 0 Å². The van der Waals surface area contributed by atoms with E-state index in [-0.39, 0.29) is 11.5 Å². The molecule has 1 heterocycles. The molecule has 2 atom stereocenters. The van der Waals surface area contributed by atoms with Crippen LogP contribution in [0.5, 0.6) is 0 Å². The molecule has 2 unspecified atom stereocenters. The number of carboxylic acid groups (broad SMARTS) is 1. The topological polar surface area (TPSA) is 78.4 Å². The molecule has 1 aromatic rings. The molecule has 0 bridgehead atoms. The fourth-order valence-electron chi connectivity index (χ4n) is 2.77. The summed E-state index contributed by atoms with van der Waals surface area (Å²) in [7, 11) is 0. The highest BCUT2D eigenvalue weighted by atomic mass is 16.4. The van der Waals surface area contributed by atoms with E-state index in [1.807, 2.05) is 0 Å². The second-order valence-electron chi connectivity index (χ2n) is 5.72. The lowest BCUT2D eigenvalue weighted by Crippen LogP contribution is -2.34. The van der Waals surface area contributed by atoms with Crippen LogP contribution < -0.4 is 10.6 Å². The largest absolute Gasteiger partial charge is 0.478 e. The molecule has 0 radical (unpaired) electrons. The van der Waals surface area contributed by atoms with E-state index in [4.69, 9.17) is 5.11 Å². The van der Waals surface area contributed by atoms with Gasteiger partial charge >= 0.3 is 5.97 Å². The number of aromatic carboxylic acids is 1. The van der Waals surface area contributed by atoms with Gasteiger partial charge in [0.1, 0.15) is 0 Å². The molecule has 0 aromatic heterocycles. The highest BCUT2D eigenvalue weighted by Gasteiger charge is 2.22. The summed E-state index contributed by atoms with van der Waals surface area (Å²) >= 11 is 0. The molecule has 1 fully saturated rings. The van der Waals surface area contributed by atoms with Crippen LogP contribution in [0, 0.1) is 11.8 Å². The van der Waals surface area contributed by atoms with Gasteiger partial charge in [-0.25, -0.2) is 4.79 Å². The van der Waals surface area contributed by atoms with Crippen molar-refractivity contribution in [2.24, 2.45) is 11.8 Å². The maximum atomic E-state index is 12.1. The van der Waals surface area contributed by atoms with Crippen LogP contribution in [0.3, 0.4) is 0 Å². The van der Waals surface area contributed by atoms with Gasteiger partial charge in [0.2, 0.25) is 5.91 Å². The SMILES string of the molecule is CC(CC(=O)Nc1cccc(C(=O)O)c1)C1CCCNC1. The fraction of sp³-hybridized carbons (Fsp3) is 0.500. The van der Waals surface area contributed by atoms with Crippen LogP contribution in [-0.2, 0) is 4.79 Å². The number of carbonyl (C=O) groups is 2. The second-order valence-corrected chi connectivity index (χ2v) is 5.72. The number of rotatable bonds is 5. The van der Waals surface area contributed by atoms with Gasteiger partial charge in [-0.15, -0.1) is 0 Å². The van der Waals surface area contributed by atoms with Gasteiger partial charge in [0, 0.05) is 12.1 Å². The van der Waals surface area contributed by atoms with Crippen molar-refractivity contribution in [1.82, 2.24) is 5.32 Å². The van der Waals surface area contributed by atoms with E-state index >= 15 is 0 Å². The van der Waals surface area contributed by atoms with Crippen molar-refractivity contribution in [3.8, 4) is 0 Å². The summed E-state index contributed by atoms with van der Waals surface area (Å²) in [5, 5.41) is 15.1. The van der Waals surface area contributed by atoms with Crippen LogP contribution in [0.2, 0.25) is 0 Å². The summed E-state index contributed by atoms with van der Waals surface area (Å²) in [4.78, 5) is 23.0. The third-order valence-electron chi connectivity index (χ3n) is 4.04. The number of benzene rings is 1. The lowest BCUT2D eigenvalue weighted by Gasteiger charge is -2.28. The van der Waals surface area contributed by atoms with Crippen molar-refractivity contribution >= 4 is 17.6 Å². The van der Waals surface area contributed by atoms with E-state index in [2.05, 4.69) is 17.6 Å². The Morgan fingerprint density at radius 2 is 2.29 bits per heavy atom. The van der Waals surface area contributed by atoms with Gasteiger partial charge in [0.15, 0.2) is 0 Å². The standard InChI is InChI=1S/C16H22N2O3/c1-11(13-5-3-7-17-10-13)8-15(19)18-14-6-2-4-12(9-14)16(20)21/h2,4,6,9,11,13,17H,3,5,7-8,10H2,1H3,(H,18,19)(H,20,21). The van der Waals surface area contributed by atoms with Crippen molar-refractivity contribution in [1.29, 1.82) is 0 Å². The maximum Gasteiger partial charge on any atom is 0.335 e. The molecule has 1 aliphatic rings. The second kappa shape index (κ2) is 7.22. The molecule has 21 heavy (non-hydrogen) atoms. The monoisotopic (exact) mass is 290 g/mol. The Labute approximate surface area is 124 Å². The van der Waals surface area contributed by atoms with E-state index in [9.17, 15) is 9.59 Å². The van der Waals surface area contributed by atoms with Crippen LogP contribution in [0.15, 0.2) is 24.3 Å². The predicted octanol–water partition coefficient (Wildman–Crippen LogP) is 2.35. The third-order valence-corrected chi connectivity index (χ3v) is 4.04. The van der Waals surface area contributed by atoms with Gasteiger partial charge in [-0.3, -0.25) is 4.79 Å². The zero-order valence-corrected chi connectivity index (χ0v) is 12.3. The van der Waals surface area contributed by atoms with Crippen LogP contribution >= 0.6 is 0 Å². The smallest absolute Gasteiger partial charge is 0.335 e. The minimum absolute atomic E-state index is 0.0596.